The van der Waals surface area contributed by atoms with Crippen molar-refractivity contribution in [3.63, 3.8) is 0 Å². The fourth-order valence-electron chi connectivity index (χ4n) is 1.88. The predicted octanol–water partition coefficient (Wildman–Crippen LogP) is 2.05. The Morgan fingerprint density at radius 3 is 2.67 bits per heavy atom. The van der Waals surface area contributed by atoms with Crippen LogP contribution in [0.5, 0.6) is 0 Å². The summed E-state index contributed by atoms with van der Waals surface area (Å²) in [6.07, 6.45) is 0.993. The van der Waals surface area contributed by atoms with Gasteiger partial charge in [-0.1, -0.05) is 13.0 Å². The maximum atomic E-state index is 11.9. The minimum Gasteiger partial charge on any atom is -0.481 e. The molecule has 1 aromatic heterocycles. The van der Waals surface area contributed by atoms with Gasteiger partial charge in [-0.2, -0.15) is 5.26 Å². The first-order valence-corrected chi connectivity index (χ1v) is 6.67. The number of hydrogen-bond donors (Lipinski definition) is 1. The van der Waals surface area contributed by atoms with Gasteiger partial charge in [-0.05, 0) is 25.5 Å². The van der Waals surface area contributed by atoms with E-state index >= 15 is 0 Å². The van der Waals surface area contributed by atoms with E-state index in [4.69, 9.17) is 9.84 Å². The van der Waals surface area contributed by atoms with Crippen molar-refractivity contribution in [2.45, 2.75) is 44.6 Å². The Labute approximate surface area is 123 Å². The smallest absolute Gasteiger partial charge is 0.308 e. The van der Waals surface area contributed by atoms with Crippen LogP contribution in [0, 0.1) is 11.3 Å². The monoisotopic (exact) mass is 290 g/mol. The fourth-order valence-corrected chi connectivity index (χ4v) is 1.88. The van der Waals surface area contributed by atoms with Gasteiger partial charge in [0.1, 0.15) is 5.41 Å². The lowest BCUT2D eigenvalue weighted by Crippen LogP contribution is -2.33. The average Bonchev–Trinajstić information content (AvgIpc) is 2.46. The van der Waals surface area contributed by atoms with Gasteiger partial charge < -0.3 is 9.84 Å². The van der Waals surface area contributed by atoms with Gasteiger partial charge in [0.05, 0.1) is 30.7 Å². The molecule has 0 saturated heterocycles. The fraction of sp³-hybridized carbons (Fsp3) is 0.467. The summed E-state index contributed by atoms with van der Waals surface area (Å²) in [5.41, 5.74) is -1.26. The Balaban J connectivity index is 3.06. The van der Waals surface area contributed by atoms with E-state index in [0.29, 0.717) is 6.42 Å². The van der Waals surface area contributed by atoms with Crippen LogP contribution in [0.15, 0.2) is 24.4 Å². The summed E-state index contributed by atoms with van der Waals surface area (Å²) in [5, 5.41) is 18.5. The van der Waals surface area contributed by atoms with Crippen LogP contribution >= 0.6 is 0 Å². The van der Waals surface area contributed by atoms with Gasteiger partial charge >= 0.3 is 11.9 Å². The number of hydrogen-bond acceptors (Lipinski definition) is 5. The number of nitrogens with zero attached hydrogens (tertiary/aromatic N) is 2. The zero-order valence-corrected chi connectivity index (χ0v) is 12.1. The van der Waals surface area contributed by atoms with Crippen LogP contribution in [0.3, 0.4) is 0 Å². The maximum Gasteiger partial charge on any atom is 0.308 e. The van der Waals surface area contributed by atoms with Crippen molar-refractivity contribution in [2.24, 2.45) is 0 Å². The second kappa shape index (κ2) is 7.39. The zero-order chi connectivity index (χ0) is 15.9. The lowest BCUT2D eigenvalue weighted by atomic mass is 9.79. The number of carboxylic acids is 1. The molecule has 0 bridgehead atoms. The molecule has 0 radical (unpaired) electrons. The van der Waals surface area contributed by atoms with Crippen molar-refractivity contribution in [3.05, 3.63) is 30.1 Å². The molecular formula is C15H18N2O4. The quantitative estimate of drug-likeness (QED) is 0.771. The number of ether oxygens (including phenoxy) is 1. The van der Waals surface area contributed by atoms with E-state index in [1.54, 1.807) is 25.1 Å². The summed E-state index contributed by atoms with van der Waals surface area (Å²) in [5.74, 6) is -1.77. The minimum atomic E-state index is -1.52. The molecule has 0 aliphatic carbocycles. The molecule has 6 nitrogen and oxygen atoms in total. The summed E-state index contributed by atoms with van der Waals surface area (Å²) in [6.45, 7) is 3.61. The summed E-state index contributed by atoms with van der Waals surface area (Å²) in [4.78, 5) is 27.1. The minimum absolute atomic E-state index is 0.260. The molecule has 1 rings (SSSR count). The molecule has 21 heavy (non-hydrogen) atoms. The Bertz CT molecular complexity index is 538. The van der Waals surface area contributed by atoms with E-state index in [9.17, 15) is 14.9 Å². The van der Waals surface area contributed by atoms with Crippen LogP contribution in [0.4, 0.5) is 0 Å². The summed E-state index contributed by atoms with van der Waals surface area (Å²) in [6, 6.07) is 6.79. The Morgan fingerprint density at radius 1 is 1.48 bits per heavy atom. The third-order valence-electron chi connectivity index (χ3n) is 3.18. The van der Waals surface area contributed by atoms with Crippen LogP contribution < -0.4 is 0 Å². The second-order valence-corrected chi connectivity index (χ2v) is 4.86. The highest BCUT2D eigenvalue weighted by atomic mass is 16.5. The van der Waals surface area contributed by atoms with E-state index in [2.05, 4.69) is 4.98 Å². The number of aromatic nitrogens is 1. The molecule has 0 spiro atoms. The summed E-state index contributed by atoms with van der Waals surface area (Å²) in [7, 11) is 0. The number of carbonyl (C=O) groups excluding carboxylic acids is 1. The van der Waals surface area contributed by atoms with E-state index in [-0.39, 0.29) is 18.2 Å². The standard InChI is InChI=1S/C15H18N2O4/c1-3-11(2)21-14(20)9-15(10-16,8-13(18)19)12-6-4-5-7-17-12/h4-7,11H,3,8-9H2,1-2H3,(H,18,19). The molecule has 2 unspecified atom stereocenters. The highest BCUT2D eigenvalue weighted by molar-refractivity contribution is 5.76. The molecule has 0 fully saturated rings. The lowest BCUT2D eigenvalue weighted by Gasteiger charge is -2.24. The van der Waals surface area contributed by atoms with E-state index < -0.39 is 23.8 Å². The first-order chi connectivity index (χ1) is 9.93. The number of nitriles is 1. The van der Waals surface area contributed by atoms with Crippen molar-refractivity contribution < 1.29 is 19.4 Å². The van der Waals surface area contributed by atoms with Gasteiger partial charge in [0.15, 0.2) is 0 Å². The topological polar surface area (TPSA) is 100 Å². The van der Waals surface area contributed by atoms with Crippen molar-refractivity contribution in [3.8, 4) is 6.07 Å². The molecule has 6 heteroatoms. The first-order valence-electron chi connectivity index (χ1n) is 6.67. The van der Waals surface area contributed by atoms with Gasteiger partial charge in [0, 0.05) is 6.20 Å². The van der Waals surface area contributed by atoms with Crippen LogP contribution in [0.1, 0.15) is 38.8 Å². The third-order valence-corrected chi connectivity index (χ3v) is 3.18. The highest BCUT2D eigenvalue weighted by Crippen LogP contribution is 2.30. The average molecular weight is 290 g/mol. The van der Waals surface area contributed by atoms with Gasteiger partial charge in [-0.15, -0.1) is 0 Å². The number of rotatable bonds is 7. The normalized spacial score (nSPS) is 14.5. The van der Waals surface area contributed by atoms with Gasteiger partial charge in [0.2, 0.25) is 0 Å². The van der Waals surface area contributed by atoms with Crippen LogP contribution in [-0.4, -0.2) is 28.1 Å². The molecule has 2 atom stereocenters. The van der Waals surface area contributed by atoms with Crippen molar-refractivity contribution in [2.75, 3.05) is 0 Å². The highest BCUT2D eigenvalue weighted by Gasteiger charge is 2.39. The molecule has 112 valence electrons. The molecule has 0 saturated carbocycles. The van der Waals surface area contributed by atoms with Crippen molar-refractivity contribution in [1.29, 1.82) is 5.26 Å². The SMILES string of the molecule is CCC(C)OC(=O)CC(C#N)(CC(=O)O)c1ccccn1. The Morgan fingerprint density at radius 2 is 2.19 bits per heavy atom. The lowest BCUT2D eigenvalue weighted by molar-refractivity contribution is -0.150. The molecule has 1 heterocycles. The number of pyridine rings is 1. The molecule has 0 aromatic carbocycles. The second-order valence-electron chi connectivity index (χ2n) is 4.86. The van der Waals surface area contributed by atoms with Crippen LogP contribution in [-0.2, 0) is 19.7 Å². The molecule has 0 amide bonds. The number of aliphatic carboxylic acids is 1. The third kappa shape index (κ3) is 4.56. The van der Waals surface area contributed by atoms with Crippen molar-refractivity contribution in [1.82, 2.24) is 4.98 Å². The molecule has 1 aromatic rings. The van der Waals surface area contributed by atoms with Crippen LogP contribution in [0.2, 0.25) is 0 Å². The predicted molar refractivity (Wildman–Crippen MR) is 74.2 cm³/mol. The summed E-state index contributed by atoms with van der Waals surface area (Å²) >= 11 is 0. The van der Waals surface area contributed by atoms with E-state index in [1.165, 1.54) is 6.20 Å². The molecule has 0 aliphatic heterocycles. The summed E-state index contributed by atoms with van der Waals surface area (Å²) < 4.78 is 5.15. The van der Waals surface area contributed by atoms with Gasteiger partial charge in [-0.25, -0.2) is 0 Å². The largest absolute Gasteiger partial charge is 0.481 e. The molecular weight excluding hydrogens is 272 g/mol. The first kappa shape index (κ1) is 16.6. The van der Waals surface area contributed by atoms with Crippen LogP contribution in [0.25, 0.3) is 0 Å². The maximum absolute atomic E-state index is 11.9. The molecule has 0 aliphatic rings. The Kier molecular flexibility index (Phi) is 5.85. The van der Waals surface area contributed by atoms with Gasteiger partial charge in [-0.3, -0.25) is 14.6 Å². The Hall–Kier alpha value is -2.42. The van der Waals surface area contributed by atoms with E-state index in [0.717, 1.165) is 0 Å². The number of esters is 1. The zero-order valence-electron chi connectivity index (χ0n) is 12.1. The number of carboxylic acid groups (broad SMARTS) is 1. The molecule has 1 N–H and O–H groups in total. The number of carbonyl (C=O) groups is 2. The van der Waals surface area contributed by atoms with Crippen molar-refractivity contribution >= 4 is 11.9 Å². The van der Waals surface area contributed by atoms with Gasteiger partial charge in [0.25, 0.3) is 0 Å². The van der Waals surface area contributed by atoms with E-state index in [1.807, 2.05) is 13.0 Å².